The average molecular weight is 409 g/mol. The molecule has 0 aliphatic heterocycles. The molecule has 0 saturated heterocycles. The molecular weight excluding hydrogens is 380 g/mol. The molecule has 158 valence electrons. The minimum atomic E-state index is 0.156. The van der Waals surface area contributed by atoms with Gasteiger partial charge in [-0.05, 0) is 42.5 Å². The maximum Gasteiger partial charge on any atom is 0.221 e. The van der Waals surface area contributed by atoms with E-state index in [2.05, 4.69) is 34.2 Å². The molecule has 7 nitrogen and oxygen atoms in total. The zero-order chi connectivity index (χ0) is 21.3. The number of aryl methyl sites for hydroxylation is 1. The summed E-state index contributed by atoms with van der Waals surface area (Å²) in [7, 11) is 3.21. The molecule has 0 unspecified atom stereocenters. The number of nitrogen functional groups attached to an aromatic ring is 2. The minimum absolute atomic E-state index is 0.156. The summed E-state index contributed by atoms with van der Waals surface area (Å²) in [5, 5.41) is 0. The third-order valence-corrected chi connectivity index (χ3v) is 4.78. The second kappa shape index (κ2) is 10.3. The van der Waals surface area contributed by atoms with Crippen molar-refractivity contribution in [3.8, 4) is 17.2 Å². The van der Waals surface area contributed by atoms with Gasteiger partial charge >= 0.3 is 0 Å². The SMILES string of the molecule is COc1cc(Cc2cnc(N)nc2N)cc(OCCCCc2ccccc2)c1OC. The van der Waals surface area contributed by atoms with Crippen LogP contribution in [0.15, 0.2) is 48.7 Å². The Morgan fingerprint density at radius 3 is 2.37 bits per heavy atom. The number of ether oxygens (including phenoxy) is 3. The lowest BCUT2D eigenvalue weighted by Crippen LogP contribution is -2.05. The second-order valence-electron chi connectivity index (χ2n) is 6.94. The fourth-order valence-corrected chi connectivity index (χ4v) is 3.24. The first-order chi connectivity index (χ1) is 14.6. The van der Waals surface area contributed by atoms with Crippen LogP contribution in [0.5, 0.6) is 17.2 Å². The molecule has 2 aromatic carbocycles. The van der Waals surface area contributed by atoms with Crippen molar-refractivity contribution in [2.24, 2.45) is 0 Å². The zero-order valence-electron chi connectivity index (χ0n) is 17.4. The van der Waals surface area contributed by atoms with Crippen LogP contribution in [0.25, 0.3) is 0 Å². The van der Waals surface area contributed by atoms with Crippen LogP contribution in [0, 0.1) is 0 Å². The van der Waals surface area contributed by atoms with Crippen molar-refractivity contribution in [1.82, 2.24) is 9.97 Å². The van der Waals surface area contributed by atoms with Gasteiger partial charge in [-0.3, -0.25) is 0 Å². The lowest BCUT2D eigenvalue weighted by molar-refractivity contribution is 0.277. The van der Waals surface area contributed by atoms with Crippen LogP contribution in [0.1, 0.15) is 29.5 Å². The summed E-state index contributed by atoms with van der Waals surface area (Å²) in [5.41, 5.74) is 14.6. The summed E-state index contributed by atoms with van der Waals surface area (Å²) >= 11 is 0. The number of aromatic nitrogens is 2. The standard InChI is InChI=1S/C23H28N4O3/c1-28-19-13-17(12-18-15-26-23(25)27-22(18)24)14-20(21(19)29-2)30-11-7-6-10-16-8-4-3-5-9-16/h3-5,8-9,13-15H,6-7,10-12H2,1-2H3,(H4,24,25,26,27). The van der Waals surface area contributed by atoms with E-state index < -0.39 is 0 Å². The Morgan fingerprint density at radius 1 is 0.900 bits per heavy atom. The van der Waals surface area contributed by atoms with Gasteiger partial charge in [0.2, 0.25) is 11.7 Å². The molecule has 7 heteroatoms. The molecule has 0 amide bonds. The molecule has 1 aromatic heterocycles. The number of rotatable bonds is 10. The van der Waals surface area contributed by atoms with Gasteiger partial charge in [-0.1, -0.05) is 30.3 Å². The summed E-state index contributed by atoms with van der Waals surface area (Å²) in [4.78, 5) is 8.05. The second-order valence-corrected chi connectivity index (χ2v) is 6.94. The van der Waals surface area contributed by atoms with Crippen LogP contribution in [0.2, 0.25) is 0 Å². The Labute approximate surface area is 177 Å². The summed E-state index contributed by atoms with van der Waals surface area (Å²) in [5.74, 6) is 2.33. The van der Waals surface area contributed by atoms with Gasteiger partial charge in [0, 0.05) is 18.2 Å². The van der Waals surface area contributed by atoms with E-state index in [0.717, 1.165) is 30.4 Å². The first kappa shape index (κ1) is 21.2. The molecule has 0 saturated carbocycles. The maximum atomic E-state index is 6.05. The number of benzene rings is 2. The molecule has 3 rings (SSSR count). The molecule has 0 bridgehead atoms. The molecule has 1 heterocycles. The quantitative estimate of drug-likeness (QED) is 0.493. The monoisotopic (exact) mass is 408 g/mol. The van der Waals surface area contributed by atoms with Crippen LogP contribution in [0.3, 0.4) is 0 Å². The number of nitrogens with two attached hydrogens (primary N) is 2. The largest absolute Gasteiger partial charge is 0.493 e. The molecule has 4 N–H and O–H groups in total. The highest BCUT2D eigenvalue weighted by molar-refractivity contribution is 5.55. The van der Waals surface area contributed by atoms with Gasteiger partial charge in [0.05, 0.1) is 20.8 Å². The van der Waals surface area contributed by atoms with Gasteiger partial charge < -0.3 is 25.7 Å². The van der Waals surface area contributed by atoms with Gasteiger partial charge in [-0.2, -0.15) is 4.98 Å². The lowest BCUT2D eigenvalue weighted by atomic mass is 10.1. The van der Waals surface area contributed by atoms with Gasteiger partial charge in [-0.15, -0.1) is 0 Å². The molecule has 3 aromatic rings. The predicted octanol–water partition coefficient (Wildman–Crippen LogP) is 3.65. The van der Waals surface area contributed by atoms with Gasteiger partial charge in [0.15, 0.2) is 11.5 Å². The minimum Gasteiger partial charge on any atom is -0.493 e. The van der Waals surface area contributed by atoms with Crippen LogP contribution < -0.4 is 25.7 Å². The van der Waals surface area contributed by atoms with Crippen molar-refractivity contribution >= 4 is 11.8 Å². The number of nitrogens with zero attached hydrogens (tertiary/aromatic N) is 2. The van der Waals surface area contributed by atoms with Crippen molar-refractivity contribution in [3.63, 3.8) is 0 Å². The highest BCUT2D eigenvalue weighted by Gasteiger charge is 2.15. The van der Waals surface area contributed by atoms with E-state index in [1.807, 2.05) is 18.2 Å². The summed E-state index contributed by atoms with van der Waals surface area (Å²) in [6, 6.07) is 14.3. The lowest BCUT2D eigenvalue weighted by Gasteiger charge is -2.16. The van der Waals surface area contributed by atoms with Gasteiger partial charge in [0.25, 0.3) is 0 Å². The van der Waals surface area contributed by atoms with E-state index in [4.69, 9.17) is 25.7 Å². The number of hydrogen-bond donors (Lipinski definition) is 2. The molecule has 30 heavy (non-hydrogen) atoms. The third kappa shape index (κ3) is 5.53. The van der Waals surface area contributed by atoms with Crippen LogP contribution >= 0.6 is 0 Å². The van der Waals surface area contributed by atoms with Crippen LogP contribution in [-0.2, 0) is 12.8 Å². The fourth-order valence-electron chi connectivity index (χ4n) is 3.24. The smallest absolute Gasteiger partial charge is 0.221 e. The van der Waals surface area contributed by atoms with E-state index in [1.54, 1.807) is 20.4 Å². The topological polar surface area (TPSA) is 106 Å². The Kier molecular flexibility index (Phi) is 7.32. The highest BCUT2D eigenvalue weighted by Crippen LogP contribution is 2.39. The highest BCUT2D eigenvalue weighted by atomic mass is 16.5. The molecule has 0 spiro atoms. The summed E-state index contributed by atoms with van der Waals surface area (Å²) in [6.07, 6.45) is 5.17. The third-order valence-electron chi connectivity index (χ3n) is 4.78. The van der Waals surface area contributed by atoms with E-state index in [0.29, 0.717) is 36.1 Å². The number of anilines is 2. The van der Waals surface area contributed by atoms with Gasteiger partial charge in [0.1, 0.15) is 5.82 Å². The summed E-state index contributed by atoms with van der Waals surface area (Å²) in [6.45, 7) is 0.586. The average Bonchev–Trinajstić information content (AvgIpc) is 2.75. The Balaban J connectivity index is 1.68. The molecule has 0 aliphatic rings. The normalized spacial score (nSPS) is 10.6. The molecular formula is C23H28N4O3. The molecule has 0 fully saturated rings. The van der Waals surface area contributed by atoms with E-state index in [9.17, 15) is 0 Å². The maximum absolute atomic E-state index is 6.05. The van der Waals surface area contributed by atoms with Crippen molar-refractivity contribution in [2.45, 2.75) is 25.7 Å². The number of methoxy groups -OCH3 is 2. The number of hydrogen-bond acceptors (Lipinski definition) is 7. The zero-order valence-corrected chi connectivity index (χ0v) is 17.4. The van der Waals surface area contributed by atoms with Crippen molar-refractivity contribution in [2.75, 3.05) is 32.3 Å². The fraction of sp³-hybridized carbons (Fsp3) is 0.304. The molecule has 0 radical (unpaired) electrons. The summed E-state index contributed by atoms with van der Waals surface area (Å²) < 4.78 is 17.1. The predicted molar refractivity (Wildman–Crippen MR) is 118 cm³/mol. The Morgan fingerprint density at radius 2 is 1.67 bits per heavy atom. The number of unbranched alkanes of at least 4 members (excludes halogenated alkanes) is 1. The van der Waals surface area contributed by atoms with Crippen LogP contribution in [0.4, 0.5) is 11.8 Å². The molecule has 0 atom stereocenters. The van der Waals surface area contributed by atoms with Crippen molar-refractivity contribution < 1.29 is 14.2 Å². The first-order valence-corrected chi connectivity index (χ1v) is 9.89. The Hall–Kier alpha value is -3.48. The van der Waals surface area contributed by atoms with E-state index >= 15 is 0 Å². The molecule has 0 aliphatic carbocycles. The van der Waals surface area contributed by atoms with Crippen molar-refractivity contribution in [3.05, 3.63) is 65.4 Å². The van der Waals surface area contributed by atoms with E-state index in [1.165, 1.54) is 5.56 Å². The Bertz CT molecular complexity index is 964. The van der Waals surface area contributed by atoms with Crippen molar-refractivity contribution in [1.29, 1.82) is 0 Å². The first-order valence-electron chi connectivity index (χ1n) is 9.89. The van der Waals surface area contributed by atoms with Crippen LogP contribution in [-0.4, -0.2) is 30.8 Å². The van der Waals surface area contributed by atoms with Gasteiger partial charge in [-0.25, -0.2) is 4.98 Å². The van der Waals surface area contributed by atoms with E-state index in [-0.39, 0.29) is 5.95 Å².